The molecule has 1 rings (SSSR count). The number of nitrogens with one attached hydrogen (secondary N) is 1. The fraction of sp³-hybridized carbons (Fsp3) is 0.500. The molecule has 3 heteroatoms. The summed E-state index contributed by atoms with van der Waals surface area (Å²) in [7, 11) is 0. The molecule has 0 amide bonds. The minimum absolute atomic E-state index is 0.0547. The van der Waals surface area contributed by atoms with E-state index in [-0.39, 0.29) is 5.56 Å². The number of aromatic nitrogens is 2. The zero-order valence-electron chi connectivity index (χ0n) is 6.63. The molecule has 1 N–H and O–H groups in total. The van der Waals surface area contributed by atoms with Gasteiger partial charge in [0.15, 0.2) is 0 Å². The van der Waals surface area contributed by atoms with Gasteiger partial charge in [0.2, 0.25) is 0 Å². The lowest BCUT2D eigenvalue weighted by molar-refractivity contribution is 0.764. The summed E-state index contributed by atoms with van der Waals surface area (Å²) in [6.07, 6.45) is 6.08. The Morgan fingerprint density at radius 2 is 2.45 bits per heavy atom. The maximum Gasteiger partial charge on any atom is 0.269 e. The smallest absolute Gasteiger partial charge is 0.269 e. The highest BCUT2D eigenvalue weighted by molar-refractivity contribution is 4.95. The molecule has 0 saturated carbocycles. The Morgan fingerprint density at radius 1 is 1.64 bits per heavy atom. The van der Waals surface area contributed by atoms with Crippen LogP contribution in [0.15, 0.2) is 17.2 Å². The maximum atomic E-state index is 11.0. The third-order valence-electron chi connectivity index (χ3n) is 1.55. The molecule has 0 bridgehead atoms. The zero-order valence-corrected chi connectivity index (χ0v) is 6.63. The Balaban J connectivity index is 2.70. The van der Waals surface area contributed by atoms with E-state index < -0.39 is 0 Å². The molecular weight excluding hydrogens is 140 g/mol. The van der Waals surface area contributed by atoms with Crippen LogP contribution in [0.1, 0.15) is 25.5 Å². The van der Waals surface area contributed by atoms with Crippen LogP contribution in [0.2, 0.25) is 0 Å². The number of aromatic amines is 1. The van der Waals surface area contributed by atoms with Gasteiger partial charge in [0.05, 0.1) is 0 Å². The van der Waals surface area contributed by atoms with Crippen LogP contribution in [0.5, 0.6) is 0 Å². The van der Waals surface area contributed by atoms with Crippen LogP contribution in [-0.2, 0) is 6.42 Å². The number of aryl methyl sites for hydroxylation is 1. The summed E-state index contributed by atoms with van der Waals surface area (Å²) in [5, 5.41) is 0. The molecule has 1 aromatic rings. The van der Waals surface area contributed by atoms with Gasteiger partial charge in [0.1, 0.15) is 5.69 Å². The summed E-state index contributed by atoms with van der Waals surface area (Å²) in [5.41, 5.74) is 0.593. The molecular formula is C8H12N2O. The second kappa shape index (κ2) is 3.91. The molecule has 0 aromatic carbocycles. The second-order valence-electron chi connectivity index (χ2n) is 2.47. The molecule has 60 valence electrons. The van der Waals surface area contributed by atoms with Crippen molar-refractivity contribution in [3.63, 3.8) is 0 Å². The lowest BCUT2D eigenvalue weighted by Gasteiger charge is -1.94. The summed E-state index contributed by atoms with van der Waals surface area (Å²) >= 11 is 0. The Morgan fingerprint density at radius 3 is 3.09 bits per heavy atom. The van der Waals surface area contributed by atoms with Gasteiger partial charge in [-0.25, -0.2) is 0 Å². The number of hydrogen-bond donors (Lipinski definition) is 1. The largest absolute Gasteiger partial charge is 0.326 e. The van der Waals surface area contributed by atoms with E-state index in [0.29, 0.717) is 5.69 Å². The molecule has 0 aliphatic rings. The highest BCUT2D eigenvalue weighted by Crippen LogP contribution is 1.93. The first-order valence-electron chi connectivity index (χ1n) is 3.87. The quantitative estimate of drug-likeness (QED) is 0.705. The molecule has 0 spiro atoms. The Bertz CT molecular complexity index is 267. The number of nitrogens with zero attached hydrogens (tertiary/aromatic N) is 1. The topological polar surface area (TPSA) is 45.8 Å². The molecule has 0 atom stereocenters. The van der Waals surface area contributed by atoms with Crippen molar-refractivity contribution in [1.82, 2.24) is 9.97 Å². The van der Waals surface area contributed by atoms with Crippen LogP contribution in [0.25, 0.3) is 0 Å². The first-order chi connectivity index (χ1) is 5.34. The van der Waals surface area contributed by atoms with Gasteiger partial charge in [-0.2, -0.15) is 0 Å². The van der Waals surface area contributed by atoms with Gasteiger partial charge >= 0.3 is 0 Å². The second-order valence-corrected chi connectivity index (χ2v) is 2.47. The van der Waals surface area contributed by atoms with Crippen molar-refractivity contribution < 1.29 is 0 Å². The molecule has 1 aromatic heterocycles. The molecule has 1 heterocycles. The Hall–Kier alpha value is -1.12. The summed E-state index contributed by atoms with van der Waals surface area (Å²) in [6.45, 7) is 2.09. The van der Waals surface area contributed by atoms with Gasteiger partial charge in [0, 0.05) is 12.4 Å². The molecule has 0 saturated heterocycles. The summed E-state index contributed by atoms with van der Waals surface area (Å²) < 4.78 is 0. The third-order valence-corrected chi connectivity index (χ3v) is 1.55. The minimum atomic E-state index is -0.0547. The van der Waals surface area contributed by atoms with Gasteiger partial charge in [-0.05, 0) is 12.8 Å². The summed E-state index contributed by atoms with van der Waals surface area (Å²) in [5.74, 6) is 0. The number of hydrogen-bond acceptors (Lipinski definition) is 2. The molecule has 11 heavy (non-hydrogen) atoms. The predicted octanol–water partition coefficient (Wildman–Crippen LogP) is 1.11. The number of H-pyrrole nitrogens is 1. The van der Waals surface area contributed by atoms with Crippen LogP contribution < -0.4 is 5.56 Å². The lowest BCUT2D eigenvalue weighted by Crippen LogP contribution is -2.13. The average molecular weight is 152 g/mol. The van der Waals surface area contributed by atoms with E-state index in [0.717, 1.165) is 19.3 Å². The van der Waals surface area contributed by atoms with Gasteiger partial charge in [-0.15, -0.1) is 0 Å². The van der Waals surface area contributed by atoms with Crippen LogP contribution in [-0.4, -0.2) is 9.97 Å². The molecule has 0 aliphatic carbocycles. The minimum Gasteiger partial charge on any atom is -0.326 e. The average Bonchev–Trinajstić information content (AvgIpc) is 2.03. The van der Waals surface area contributed by atoms with Crippen LogP contribution in [0, 0.1) is 0 Å². The predicted molar refractivity (Wildman–Crippen MR) is 43.5 cm³/mol. The standard InChI is InChI=1S/C8H12N2O/c1-2-3-4-7-8(11)10-6-5-9-7/h5-6H,2-4H2,1H3,(H,10,11). The van der Waals surface area contributed by atoms with Crippen LogP contribution in [0.4, 0.5) is 0 Å². The van der Waals surface area contributed by atoms with E-state index in [9.17, 15) is 4.79 Å². The third kappa shape index (κ3) is 2.18. The monoisotopic (exact) mass is 152 g/mol. The number of unbranched alkanes of at least 4 members (excludes halogenated alkanes) is 1. The Kier molecular flexibility index (Phi) is 2.83. The van der Waals surface area contributed by atoms with Crippen molar-refractivity contribution in [2.24, 2.45) is 0 Å². The molecule has 0 aliphatic heterocycles. The summed E-state index contributed by atoms with van der Waals surface area (Å²) in [4.78, 5) is 17.6. The van der Waals surface area contributed by atoms with Crippen molar-refractivity contribution in [2.45, 2.75) is 26.2 Å². The highest BCUT2D eigenvalue weighted by atomic mass is 16.1. The molecule has 0 fully saturated rings. The van der Waals surface area contributed by atoms with Crippen molar-refractivity contribution >= 4 is 0 Å². The molecule has 3 nitrogen and oxygen atoms in total. The maximum absolute atomic E-state index is 11.0. The van der Waals surface area contributed by atoms with Gasteiger partial charge < -0.3 is 4.98 Å². The fourth-order valence-corrected chi connectivity index (χ4v) is 0.904. The zero-order chi connectivity index (χ0) is 8.10. The molecule has 0 radical (unpaired) electrons. The normalized spacial score (nSPS) is 9.91. The van der Waals surface area contributed by atoms with Gasteiger partial charge in [-0.1, -0.05) is 13.3 Å². The van der Waals surface area contributed by atoms with E-state index in [2.05, 4.69) is 16.9 Å². The van der Waals surface area contributed by atoms with Crippen molar-refractivity contribution in [2.75, 3.05) is 0 Å². The first-order valence-corrected chi connectivity index (χ1v) is 3.87. The van der Waals surface area contributed by atoms with Crippen molar-refractivity contribution in [3.05, 3.63) is 28.4 Å². The first kappa shape index (κ1) is 7.98. The number of rotatable bonds is 3. The van der Waals surface area contributed by atoms with Crippen LogP contribution >= 0.6 is 0 Å². The Labute approximate surface area is 65.5 Å². The van der Waals surface area contributed by atoms with E-state index in [1.165, 1.54) is 0 Å². The lowest BCUT2D eigenvalue weighted by atomic mass is 10.2. The van der Waals surface area contributed by atoms with E-state index >= 15 is 0 Å². The highest BCUT2D eigenvalue weighted by Gasteiger charge is 1.96. The summed E-state index contributed by atoms with van der Waals surface area (Å²) in [6, 6.07) is 0. The SMILES string of the molecule is CCCCc1ncc[nH]c1=O. The van der Waals surface area contributed by atoms with E-state index in [1.807, 2.05) is 0 Å². The van der Waals surface area contributed by atoms with Crippen LogP contribution in [0.3, 0.4) is 0 Å². The van der Waals surface area contributed by atoms with Crippen molar-refractivity contribution in [3.8, 4) is 0 Å². The van der Waals surface area contributed by atoms with E-state index in [1.54, 1.807) is 12.4 Å². The van der Waals surface area contributed by atoms with E-state index in [4.69, 9.17) is 0 Å². The molecule has 0 unspecified atom stereocenters. The fourth-order valence-electron chi connectivity index (χ4n) is 0.904. The van der Waals surface area contributed by atoms with Gasteiger partial charge in [-0.3, -0.25) is 9.78 Å². The van der Waals surface area contributed by atoms with Gasteiger partial charge in [0.25, 0.3) is 5.56 Å². The van der Waals surface area contributed by atoms with Crippen molar-refractivity contribution in [1.29, 1.82) is 0 Å².